The highest BCUT2D eigenvalue weighted by Crippen LogP contribution is 2.48. The van der Waals surface area contributed by atoms with Gasteiger partial charge in [0.1, 0.15) is 23.6 Å². The van der Waals surface area contributed by atoms with Crippen LogP contribution < -0.4 is 14.5 Å². The van der Waals surface area contributed by atoms with Crippen LogP contribution >= 0.6 is 12.2 Å². The predicted octanol–water partition coefficient (Wildman–Crippen LogP) is 5.00. The Labute approximate surface area is 221 Å². The fourth-order valence-electron chi connectivity index (χ4n) is 5.24. The molecule has 2 amide bonds. The Kier molecular flexibility index (Phi) is 6.73. The van der Waals surface area contributed by atoms with Gasteiger partial charge in [-0.15, -0.1) is 4.98 Å². The van der Waals surface area contributed by atoms with Gasteiger partial charge in [-0.3, -0.25) is 9.69 Å². The first-order valence-corrected chi connectivity index (χ1v) is 13.0. The summed E-state index contributed by atoms with van der Waals surface area (Å²) in [6.07, 6.45) is 5.19. The van der Waals surface area contributed by atoms with E-state index in [4.69, 9.17) is 28.3 Å². The molecule has 5 rings (SSSR count). The maximum absolute atomic E-state index is 13.7. The van der Waals surface area contributed by atoms with Gasteiger partial charge in [-0.1, -0.05) is 6.57 Å². The third-order valence-corrected chi connectivity index (χ3v) is 7.72. The summed E-state index contributed by atoms with van der Waals surface area (Å²) in [5.74, 6) is 1.01. The van der Waals surface area contributed by atoms with Crippen LogP contribution in [-0.4, -0.2) is 58.3 Å². The number of carbonyl (C=O) groups excluding carboxylic acids is 2. The number of hydrogen-bond donors (Lipinski definition) is 0. The van der Waals surface area contributed by atoms with Gasteiger partial charge < -0.3 is 24.1 Å². The van der Waals surface area contributed by atoms with E-state index in [9.17, 15) is 9.59 Å². The normalized spacial score (nSPS) is 19.1. The van der Waals surface area contributed by atoms with E-state index >= 15 is 0 Å². The third-order valence-electron chi connectivity index (χ3n) is 7.36. The highest BCUT2D eigenvalue weighted by Gasteiger charge is 2.59. The lowest BCUT2D eigenvalue weighted by molar-refractivity contribution is -0.123. The second kappa shape index (κ2) is 9.98. The van der Waals surface area contributed by atoms with Crippen molar-refractivity contribution in [3.05, 3.63) is 53.5 Å². The minimum Gasteiger partial charge on any atom is -0.490 e. The van der Waals surface area contributed by atoms with Crippen molar-refractivity contribution in [3.63, 3.8) is 0 Å². The number of ether oxygens (including phenoxy) is 2. The molecule has 3 aliphatic rings. The van der Waals surface area contributed by atoms with Crippen LogP contribution in [0.25, 0.3) is 4.85 Å². The number of anilines is 2. The number of likely N-dealkylation sites (tertiary alicyclic amines) is 1. The molecule has 0 atom stereocenters. The van der Waals surface area contributed by atoms with Crippen LogP contribution in [0.5, 0.6) is 5.75 Å². The lowest BCUT2D eigenvalue weighted by Crippen LogP contribution is -2.55. The average Bonchev–Trinajstić information content (AvgIpc) is 3.11. The smallest absolute Gasteiger partial charge is 0.409 e. The monoisotopic (exact) mass is 519 g/mol. The second-order valence-corrected chi connectivity index (χ2v) is 9.95. The Hall–Kier alpha value is -3.71. The first kappa shape index (κ1) is 25.0. The maximum Gasteiger partial charge on any atom is 0.409 e. The number of amides is 2. The zero-order chi connectivity index (χ0) is 26.2. The van der Waals surface area contributed by atoms with Gasteiger partial charge in [-0.25, -0.2) is 4.79 Å². The average molecular weight is 520 g/mol. The Morgan fingerprint density at radius 3 is 2.49 bits per heavy atom. The van der Waals surface area contributed by atoms with E-state index in [-0.39, 0.29) is 18.1 Å². The molecule has 10 heteroatoms. The molecule has 2 saturated heterocycles. The summed E-state index contributed by atoms with van der Waals surface area (Å²) < 4.78 is 11.3. The molecule has 3 fully saturated rings. The van der Waals surface area contributed by atoms with Crippen molar-refractivity contribution in [1.29, 1.82) is 0 Å². The number of nitrogens with zero attached hydrogens (tertiary/aromatic N) is 5. The molecule has 1 saturated carbocycles. The largest absolute Gasteiger partial charge is 0.490 e. The topological polar surface area (TPSA) is 79.6 Å². The minimum atomic E-state index is -0.689. The molecule has 3 heterocycles. The second-order valence-electron chi connectivity index (χ2n) is 9.59. The molecule has 2 aromatic rings. The fourth-order valence-corrected chi connectivity index (χ4v) is 5.71. The number of hydrogen-bond acceptors (Lipinski definition) is 6. The third kappa shape index (κ3) is 4.37. The molecule has 9 nitrogen and oxygen atoms in total. The molecule has 1 spiro atoms. The summed E-state index contributed by atoms with van der Waals surface area (Å²) in [5, 5.41) is 0.418. The molecule has 1 aliphatic carbocycles. The molecule has 37 heavy (non-hydrogen) atoms. The number of benzene rings is 1. The van der Waals surface area contributed by atoms with Crippen molar-refractivity contribution in [3.8, 4) is 5.75 Å². The Balaban J connectivity index is 1.31. The van der Waals surface area contributed by atoms with Gasteiger partial charge >= 0.3 is 6.09 Å². The summed E-state index contributed by atoms with van der Waals surface area (Å²) in [5.41, 5.74) is 1.44. The van der Waals surface area contributed by atoms with E-state index in [0.717, 1.165) is 43.5 Å². The van der Waals surface area contributed by atoms with Gasteiger partial charge in [-0.05, 0) is 81.2 Å². The maximum atomic E-state index is 13.7. The van der Waals surface area contributed by atoms with Crippen LogP contribution in [0.15, 0.2) is 36.5 Å². The molecule has 0 unspecified atom stereocenters. The summed E-state index contributed by atoms with van der Waals surface area (Å²) in [6.45, 7) is 12.4. The molecule has 192 valence electrons. The number of thiocarbonyl (C=S) groups is 1. The zero-order valence-electron chi connectivity index (χ0n) is 21.0. The molecule has 1 aromatic heterocycles. The van der Waals surface area contributed by atoms with E-state index in [1.165, 1.54) is 0 Å². The van der Waals surface area contributed by atoms with Crippen molar-refractivity contribution in [2.75, 3.05) is 29.5 Å². The van der Waals surface area contributed by atoms with Crippen molar-refractivity contribution < 1.29 is 19.1 Å². The standard InChI is InChI=1S/C27H29N5O4S/c1-4-35-26(34)30-14-10-22(11-15-30)36-21-8-6-19(7-9-21)32-25(37)31(24(33)27(32)12-5-13-27)20-16-18(2)23(28-3)29-17-20/h6-9,16-17,22H,4-5,10-15H2,1-2H3. The number of rotatable bonds is 5. The Bertz CT molecular complexity index is 1260. The van der Waals surface area contributed by atoms with Crippen molar-refractivity contribution in [2.45, 2.75) is 57.6 Å². The van der Waals surface area contributed by atoms with Gasteiger partial charge in [0.15, 0.2) is 5.11 Å². The number of pyridine rings is 1. The lowest BCUT2D eigenvalue weighted by atomic mass is 9.75. The van der Waals surface area contributed by atoms with E-state index < -0.39 is 5.54 Å². The Morgan fingerprint density at radius 2 is 1.92 bits per heavy atom. The number of aromatic nitrogens is 1. The van der Waals surface area contributed by atoms with Crippen molar-refractivity contribution >= 4 is 46.5 Å². The van der Waals surface area contributed by atoms with Gasteiger partial charge in [0.05, 0.1) is 12.3 Å². The van der Waals surface area contributed by atoms with Crippen molar-refractivity contribution in [1.82, 2.24) is 9.88 Å². The van der Waals surface area contributed by atoms with Crippen LogP contribution in [0.3, 0.4) is 0 Å². The zero-order valence-corrected chi connectivity index (χ0v) is 21.8. The van der Waals surface area contributed by atoms with Crippen LogP contribution in [0.2, 0.25) is 0 Å². The molecular weight excluding hydrogens is 490 g/mol. The Morgan fingerprint density at radius 1 is 1.22 bits per heavy atom. The first-order valence-electron chi connectivity index (χ1n) is 12.6. The van der Waals surface area contributed by atoms with E-state index in [1.807, 2.05) is 36.1 Å². The highest BCUT2D eigenvalue weighted by molar-refractivity contribution is 7.81. The van der Waals surface area contributed by atoms with Gasteiger partial charge in [0.25, 0.3) is 11.7 Å². The molecule has 1 aromatic carbocycles. The first-order chi connectivity index (χ1) is 17.9. The van der Waals surface area contributed by atoms with Gasteiger partial charge in [-0.2, -0.15) is 0 Å². The molecule has 0 bridgehead atoms. The van der Waals surface area contributed by atoms with Crippen molar-refractivity contribution in [2.24, 2.45) is 0 Å². The number of piperidine rings is 1. The van der Waals surface area contributed by atoms with Crippen LogP contribution in [0.4, 0.5) is 22.0 Å². The molecule has 0 N–H and O–H groups in total. The van der Waals surface area contributed by atoms with Crippen LogP contribution in [0.1, 0.15) is 44.6 Å². The van der Waals surface area contributed by atoms with Crippen LogP contribution in [0, 0.1) is 13.5 Å². The summed E-state index contributed by atoms with van der Waals surface area (Å²) >= 11 is 5.84. The number of aryl methyl sites for hydroxylation is 1. The van der Waals surface area contributed by atoms with Crippen LogP contribution in [-0.2, 0) is 9.53 Å². The molecule has 0 radical (unpaired) electrons. The quantitative estimate of drug-likeness (QED) is 0.406. The minimum absolute atomic E-state index is 0.0219. The molecule has 2 aliphatic heterocycles. The van der Waals surface area contributed by atoms with E-state index in [0.29, 0.717) is 41.9 Å². The fraction of sp³-hybridized carbons (Fsp3) is 0.444. The predicted molar refractivity (Wildman–Crippen MR) is 143 cm³/mol. The van der Waals surface area contributed by atoms with Gasteiger partial charge in [0, 0.05) is 31.6 Å². The number of carbonyl (C=O) groups is 2. The van der Waals surface area contributed by atoms with E-state index in [2.05, 4.69) is 9.83 Å². The molecular formula is C27H29N5O4S. The van der Waals surface area contributed by atoms with Gasteiger partial charge in [0.2, 0.25) is 0 Å². The lowest BCUT2D eigenvalue weighted by Gasteiger charge is -2.43. The van der Waals surface area contributed by atoms with E-state index in [1.54, 1.807) is 29.0 Å². The summed E-state index contributed by atoms with van der Waals surface area (Å²) in [6, 6.07) is 9.50. The SMILES string of the molecule is [C-]#[N+]c1ncc(N2C(=O)C3(CCC3)N(c3ccc(OC4CCN(C(=O)OCC)CC4)cc3)C2=S)cc1C. The summed E-state index contributed by atoms with van der Waals surface area (Å²) in [7, 11) is 0. The highest BCUT2D eigenvalue weighted by atomic mass is 32.1. The summed E-state index contributed by atoms with van der Waals surface area (Å²) in [4.78, 5) is 38.5.